The summed E-state index contributed by atoms with van der Waals surface area (Å²) in [6, 6.07) is 6.20. The van der Waals surface area contributed by atoms with Crippen LogP contribution in [-0.4, -0.2) is 38.5 Å². The lowest BCUT2D eigenvalue weighted by molar-refractivity contribution is 0.115. The molecule has 6 nitrogen and oxygen atoms in total. The number of nitrogens with one attached hydrogen (secondary N) is 2. The topological polar surface area (TPSA) is 95.5 Å². The van der Waals surface area contributed by atoms with Crippen molar-refractivity contribution in [3.8, 4) is 0 Å². The van der Waals surface area contributed by atoms with Gasteiger partial charge in [-0.05, 0) is 23.6 Å². The van der Waals surface area contributed by atoms with Crippen molar-refractivity contribution in [3.05, 3.63) is 29.8 Å². The van der Waals surface area contributed by atoms with Gasteiger partial charge in [0.25, 0.3) is 0 Å². The second-order valence-corrected chi connectivity index (χ2v) is 7.70. The molecule has 0 aliphatic rings. The average molecular weight is 328 g/mol. The summed E-state index contributed by atoms with van der Waals surface area (Å²) >= 11 is 0. The summed E-state index contributed by atoms with van der Waals surface area (Å²) in [5, 5.41) is 15.0. The molecule has 7 heteroatoms. The smallest absolute Gasteiger partial charge is 0.319 e. The Morgan fingerprint density at radius 2 is 1.86 bits per heavy atom. The molecule has 22 heavy (non-hydrogen) atoms. The molecule has 0 fully saturated rings. The first-order chi connectivity index (χ1) is 10.2. The van der Waals surface area contributed by atoms with E-state index in [1.165, 1.54) is 6.26 Å². The molecule has 0 heterocycles. The van der Waals surface area contributed by atoms with Crippen LogP contribution in [0.1, 0.15) is 25.8 Å². The zero-order valence-corrected chi connectivity index (χ0v) is 14.0. The molecule has 0 aliphatic carbocycles. The third-order valence-electron chi connectivity index (χ3n) is 3.41. The van der Waals surface area contributed by atoms with Gasteiger partial charge in [0.05, 0.1) is 11.9 Å². The minimum Gasteiger partial charge on any atom is -0.391 e. The summed E-state index contributed by atoms with van der Waals surface area (Å²) in [4.78, 5) is 11.7. The molecule has 0 saturated carbocycles. The fourth-order valence-electron chi connectivity index (χ4n) is 1.83. The van der Waals surface area contributed by atoms with Gasteiger partial charge in [-0.2, -0.15) is 0 Å². The van der Waals surface area contributed by atoms with Crippen molar-refractivity contribution in [2.24, 2.45) is 5.92 Å². The molecule has 0 aliphatic heterocycles. The molecule has 1 aromatic rings. The molecule has 1 aromatic carbocycles. The Labute approximate surface area is 131 Å². The number of hydrogen-bond acceptors (Lipinski definition) is 4. The second-order valence-electron chi connectivity index (χ2n) is 5.55. The largest absolute Gasteiger partial charge is 0.391 e. The van der Waals surface area contributed by atoms with Gasteiger partial charge in [-0.3, -0.25) is 0 Å². The van der Waals surface area contributed by atoms with Gasteiger partial charge < -0.3 is 15.7 Å². The highest BCUT2D eigenvalue weighted by Crippen LogP contribution is 2.12. The molecule has 124 valence electrons. The minimum absolute atomic E-state index is 0.0272. The Bertz CT molecular complexity index is 584. The van der Waals surface area contributed by atoms with Gasteiger partial charge in [0.2, 0.25) is 0 Å². The Kier molecular flexibility index (Phi) is 6.83. The predicted octanol–water partition coefficient (Wildman–Crippen LogP) is 1.76. The number of carbonyl (C=O) groups excluding carboxylic acids is 1. The van der Waals surface area contributed by atoms with E-state index in [9.17, 15) is 18.3 Å². The third-order valence-corrected chi connectivity index (χ3v) is 4.27. The number of sulfone groups is 1. The summed E-state index contributed by atoms with van der Waals surface area (Å²) in [7, 11) is -3.07. The van der Waals surface area contributed by atoms with Gasteiger partial charge in [0.1, 0.15) is 0 Å². The van der Waals surface area contributed by atoms with Crippen molar-refractivity contribution in [2.75, 3.05) is 18.1 Å². The van der Waals surface area contributed by atoms with Crippen molar-refractivity contribution >= 4 is 21.6 Å². The highest BCUT2D eigenvalue weighted by atomic mass is 32.2. The maximum Gasteiger partial charge on any atom is 0.319 e. The zero-order chi connectivity index (χ0) is 16.8. The molecule has 3 N–H and O–H groups in total. The van der Waals surface area contributed by atoms with Crippen molar-refractivity contribution in [1.82, 2.24) is 5.32 Å². The molecule has 2 amide bonds. The van der Waals surface area contributed by atoms with Gasteiger partial charge >= 0.3 is 6.03 Å². The molecule has 0 saturated heterocycles. The number of aliphatic hydroxyl groups is 1. The summed E-state index contributed by atoms with van der Waals surface area (Å²) < 4.78 is 22.4. The summed E-state index contributed by atoms with van der Waals surface area (Å²) in [5.41, 5.74) is 1.23. The van der Waals surface area contributed by atoms with Crippen LogP contribution in [0.3, 0.4) is 0 Å². The van der Waals surface area contributed by atoms with E-state index >= 15 is 0 Å². The van der Waals surface area contributed by atoms with Gasteiger partial charge in [0.15, 0.2) is 9.84 Å². The van der Waals surface area contributed by atoms with E-state index in [-0.39, 0.29) is 18.2 Å². The Hall–Kier alpha value is -1.60. The fraction of sp³-hybridized carbons (Fsp3) is 0.533. The normalized spacial score (nSPS) is 14.2. The Balaban J connectivity index is 2.48. The van der Waals surface area contributed by atoms with E-state index in [2.05, 4.69) is 10.6 Å². The lowest BCUT2D eigenvalue weighted by Crippen LogP contribution is -2.37. The molecule has 1 rings (SSSR count). The molecular formula is C15H24N2O4S. The lowest BCUT2D eigenvalue weighted by Gasteiger charge is -2.17. The first-order valence-electron chi connectivity index (χ1n) is 7.21. The number of amides is 2. The zero-order valence-electron chi connectivity index (χ0n) is 13.2. The van der Waals surface area contributed by atoms with Gasteiger partial charge in [0, 0.05) is 18.5 Å². The Morgan fingerprint density at radius 3 is 2.36 bits per heavy atom. The summed E-state index contributed by atoms with van der Waals surface area (Å²) in [5.74, 6) is 0.0937. The van der Waals surface area contributed by atoms with E-state index < -0.39 is 22.0 Å². The molecule has 0 spiro atoms. The van der Waals surface area contributed by atoms with Crippen molar-refractivity contribution < 1.29 is 18.3 Å². The van der Waals surface area contributed by atoms with Crippen LogP contribution in [0, 0.1) is 5.92 Å². The lowest BCUT2D eigenvalue weighted by atomic mass is 10.0. The predicted molar refractivity (Wildman–Crippen MR) is 87.5 cm³/mol. The molecule has 0 aromatic heterocycles. The fourth-order valence-corrected chi connectivity index (χ4v) is 2.63. The van der Waals surface area contributed by atoms with Gasteiger partial charge in [-0.25, -0.2) is 13.2 Å². The second kappa shape index (κ2) is 8.14. The van der Waals surface area contributed by atoms with E-state index in [4.69, 9.17) is 0 Å². The first-order valence-corrected chi connectivity index (χ1v) is 9.27. The number of benzene rings is 1. The van der Waals surface area contributed by atoms with Gasteiger partial charge in [-0.15, -0.1) is 0 Å². The van der Waals surface area contributed by atoms with Crippen LogP contribution < -0.4 is 10.6 Å². The summed E-state index contributed by atoms with van der Waals surface area (Å²) in [6.45, 7) is 4.09. The molecule has 2 atom stereocenters. The number of anilines is 1. The maximum atomic E-state index is 11.7. The van der Waals surface area contributed by atoms with Crippen molar-refractivity contribution in [2.45, 2.75) is 32.1 Å². The standard InChI is InChI=1S/C15H24N2O4S/c1-4-11(2)14(18)9-16-15(19)17-13-7-5-12(6-8-13)10-22(3,20)21/h5-8,11,14,18H,4,9-10H2,1-3H3,(H2,16,17,19)/t11-,14-/m1/s1. The van der Waals surface area contributed by atoms with Crippen molar-refractivity contribution in [1.29, 1.82) is 0 Å². The van der Waals surface area contributed by atoms with E-state index in [1.807, 2.05) is 13.8 Å². The monoisotopic (exact) mass is 328 g/mol. The number of carbonyl (C=O) groups is 1. The van der Waals surface area contributed by atoms with E-state index in [0.717, 1.165) is 6.42 Å². The van der Waals surface area contributed by atoms with Crippen LogP contribution in [0.15, 0.2) is 24.3 Å². The van der Waals surface area contributed by atoms with Crippen molar-refractivity contribution in [3.63, 3.8) is 0 Å². The van der Waals surface area contributed by atoms with Crippen LogP contribution >= 0.6 is 0 Å². The highest BCUT2D eigenvalue weighted by molar-refractivity contribution is 7.89. The average Bonchev–Trinajstić information content (AvgIpc) is 2.44. The number of rotatable bonds is 7. The Morgan fingerprint density at radius 1 is 1.27 bits per heavy atom. The molecular weight excluding hydrogens is 304 g/mol. The highest BCUT2D eigenvalue weighted by Gasteiger charge is 2.13. The van der Waals surface area contributed by atoms with Crippen LogP contribution in [-0.2, 0) is 15.6 Å². The molecule has 0 radical (unpaired) electrons. The molecule has 0 bridgehead atoms. The van der Waals surface area contributed by atoms with Crippen LogP contribution in [0.4, 0.5) is 10.5 Å². The maximum absolute atomic E-state index is 11.7. The quantitative estimate of drug-likeness (QED) is 0.710. The van der Waals surface area contributed by atoms with Crippen LogP contribution in [0.2, 0.25) is 0 Å². The molecule has 0 unspecified atom stereocenters. The van der Waals surface area contributed by atoms with Crippen LogP contribution in [0.5, 0.6) is 0 Å². The number of hydrogen-bond donors (Lipinski definition) is 3. The van der Waals surface area contributed by atoms with Crippen LogP contribution in [0.25, 0.3) is 0 Å². The SMILES string of the molecule is CC[C@@H](C)[C@H](O)CNC(=O)Nc1ccc(CS(C)(=O)=O)cc1. The minimum atomic E-state index is -3.07. The number of aliphatic hydroxyl groups excluding tert-OH is 1. The number of urea groups is 1. The third kappa shape index (κ3) is 6.91. The van der Waals surface area contributed by atoms with E-state index in [0.29, 0.717) is 11.3 Å². The van der Waals surface area contributed by atoms with E-state index in [1.54, 1.807) is 24.3 Å². The summed E-state index contributed by atoms with van der Waals surface area (Å²) in [6.07, 6.45) is 1.44. The first kappa shape index (κ1) is 18.4. The van der Waals surface area contributed by atoms with Gasteiger partial charge in [-0.1, -0.05) is 32.4 Å².